The molecule has 2 aromatic carbocycles. The largest absolute Gasteiger partial charge is 0.484 e. The van der Waals surface area contributed by atoms with E-state index in [1.165, 1.54) is 0 Å². The molecule has 0 aromatic heterocycles. The number of benzene rings is 2. The topological polar surface area (TPSA) is 45.7 Å². The highest BCUT2D eigenvalue weighted by molar-refractivity contribution is 5.79. The molecule has 0 aliphatic rings. The predicted octanol–water partition coefficient (Wildman–Crippen LogP) is 3.80. The van der Waals surface area contributed by atoms with E-state index in [-0.39, 0.29) is 5.75 Å². The van der Waals surface area contributed by atoms with Gasteiger partial charge in [-0.3, -0.25) is 4.99 Å². The SMILES string of the molecule is CN=C(NCc1ccccc1)NCc1ccc(C)cc1OCC(F)(F)F. The van der Waals surface area contributed by atoms with Crippen molar-refractivity contribution >= 4 is 5.96 Å². The van der Waals surface area contributed by atoms with Gasteiger partial charge in [-0.15, -0.1) is 0 Å². The van der Waals surface area contributed by atoms with Gasteiger partial charge >= 0.3 is 6.18 Å². The standard InChI is InChI=1S/C19H22F3N3O/c1-14-8-9-16(17(10-14)26-13-19(20,21)22)12-25-18(23-2)24-11-15-6-4-3-5-7-15/h3-10H,11-13H2,1-2H3,(H2,23,24,25). The van der Waals surface area contributed by atoms with Crippen molar-refractivity contribution in [1.82, 2.24) is 10.6 Å². The smallest absolute Gasteiger partial charge is 0.422 e. The number of rotatable bonds is 6. The number of guanidine groups is 1. The molecule has 140 valence electrons. The van der Waals surface area contributed by atoms with Crippen LogP contribution in [0.15, 0.2) is 53.5 Å². The first kappa shape index (κ1) is 19.6. The average molecular weight is 365 g/mol. The fourth-order valence-electron chi connectivity index (χ4n) is 2.28. The summed E-state index contributed by atoms with van der Waals surface area (Å²) in [5.74, 6) is 0.768. The predicted molar refractivity (Wildman–Crippen MR) is 96.2 cm³/mol. The second-order valence-corrected chi connectivity index (χ2v) is 5.78. The van der Waals surface area contributed by atoms with Gasteiger partial charge in [-0.2, -0.15) is 13.2 Å². The molecule has 0 aliphatic carbocycles. The molecule has 0 saturated carbocycles. The Balaban J connectivity index is 1.96. The van der Waals surface area contributed by atoms with Crippen LogP contribution in [0.2, 0.25) is 0 Å². The van der Waals surface area contributed by atoms with Gasteiger partial charge in [-0.25, -0.2) is 0 Å². The van der Waals surface area contributed by atoms with Gasteiger partial charge in [0, 0.05) is 25.7 Å². The molecule has 0 heterocycles. The van der Waals surface area contributed by atoms with Crippen LogP contribution in [0.5, 0.6) is 5.75 Å². The summed E-state index contributed by atoms with van der Waals surface area (Å²) in [5.41, 5.74) is 2.56. The minimum atomic E-state index is -4.37. The molecule has 2 N–H and O–H groups in total. The number of alkyl halides is 3. The van der Waals surface area contributed by atoms with E-state index in [1.54, 1.807) is 26.1 Å². The van der Waals surface area contributed by atoms with Gasteiger partial charge in [0.25, 0.3) is 0 Å². The molecule has 2 aromatic rings. The third-order valence-corrected chi connectivity index (χ3v) is 3.59. The van der Waals surface area contributed by atoms with Crippen LogP contribution in [0, 0.1) is 6.92 Å². The molecule has 0 bridgehead atoms. The lowest BCUT2D eigenvalue weighted by atomic mass is 10.1. The van der Waals surface area contributed by atoms with Crippen molar-refractivity contribution < 1.29 is 17.9 Å². The van der Waals surface area contributed by atoms with Crippen molar-refractivity contribution in [2.24, 2.45) is 4.99 Å². The van der Waals surface area contributed by atoms with Gasteiger partial charge in [0.15, 0.2) is 12.6 Å². The van der Waals surface area contributed by atoms with Crippen molar-refractivity contribution in [3.8, 4) is 5.75 Å². The van der Waals surface area contributed by atoms with Crippen LogP contribution in [0.4, 0.5) is 13.2 Å². The Morgan fingerprint density at radius 2 is 1.73 bits per heavy atom. The number of aliphatic imine (C=N–C) groups is 1. The Morgan fingerprint density at radius 1 is 1.04 bits per heavy atom. The molecule has 0 amide bonds. The van der Waals surface area contributed by atoms with Crippen molar-refractivity contribution in [2.45, 2.75) is 26.2 Å². The van der Waals surface area contributed by atoms with E-state index in [9.17, 15) is 13.2 Å². The first-order valence-electron chi connectivity index (χ1n) is 8.15. The first-order chi connectivity index (χ1) is 12.4. The fourth-order valence-corrected chi connectivity index (χ4v) is 2.28. The highest BCUT2D eigenvalue weighted by Gasteiger charge is 2.28. The first-order valence-corrected chi connectivity index (χ1v) is 8.15. The monoisotopic (exact) mass is 365 g/mol. The van der Waals surface area contributed by atoms with Gasteiger partial charge < -0.3 is 15.4 Å². The lowest BCUT2D eigenvalue weighted by Crippen LogP contribution is -2.36. The number of nitrogens with one attached hydrogen (secondary N) is 2. The van der Waals surface area contributed by atoms with Gasteiger partial charge in [-0.1, -0.05) is 42.5 Å². The molecule has 0 fully saturated rings. The zero-order valence-electron chi connectivity index (χ0n) is 14.7. The van der Waals surface area contributed by atoms with E-state index in [1.807, 2.05) is 36.4 Å². The van der Waals surface area contributed by atoms with Crippen LogP contribution >= 0.6 is 0 Å². The molecule has 0 atom stereocenters. The number of aryl methyl sites for hydroxylation is 1. The van der Waals surface area contributed by atoms with Crippen molar-refractivity contribution in [3.63, 3.8) is 0 Å². The number of hydrogen-bond acceptors (Lipinski definition) is 2. The van der Waals surface area contributed by atoms with Gasteiger partial charge in [0.1, 0.15) is 5.75 Å². The van der Waals surface area contributed by atoms with Crippen molar-refractivity contribution in [1.29, 1.82) is 0 Å². The summed E-state index contributed by atoms with van der Waals surface area (Å²) in [6, 6.07) is 15.0. The third kappa shape index (κ3) is 6.66. The van der Waals surface area contributed by atoms with Crippen molar-refractivity contribution in [2.75, 3.05) is 13.7 Å². The summed E-state index contributed by atoms with van der Waals surface area (Å²) in [4.78, 5) is 4.12. The lowest BCUT2D eigenvalue weighted by molar-refractivity contribution is -0.153. The average Bonchev–Trinajstić information content (AvgIpc) is 2.61. The summed E-state index contributed by atoms with van der Waals surface area (Å²) in [7, 11) is 1.64. The molecule has 0 unspecified atom stereocenters. The lowest BCUT2D eigenvalue weighted by Gasteiger charge is -2.16. The van der Waals surface area contributed by atoms with Gasteiger partial charge in [0.2, 0.25) is 0 Å². The van der Waals surface area contributed by atoms with E-state index in [0.29, 0.717) is 24.6 Å². The maximum Gasteiger partial charge on any atom is 0.422 e. The van der Waals surface area contributed by atoms with Crippen LogP contribution in [-0.2, 0) is 13.1 Å². The molecule has 0 saturated heterocycles. The highest BCUT2D eigenvalue weighted by atomic mass is 19.4. The zero-order chi connectivity index (χ0) is 19.0. The molecule has 7 heteroatoms. The summed E-state index contributed by atoms with van der Waals surface area (Å²) in [5, 5.41) is 6.25. The number of nitrogens with zero attached hydrogens (tertiary/aromatic N) is 1. The fraction of sp³-hybridized carbons (Fsp3) is 0.316. The molecular formula is C19H22F3N3O. The maximum atomic E-state index is 12.4. The third-order valence-electron chi connectivity index (χ3n) is 3.59. The van der Waals surface area contributed by atoms with Gasteiger partial charge in [0.05, 0.1) is 0 Å². The summed E-state index contributed by atoms with van der Waals surface area (Å²) < 4.78 is 42.3. The molecular weight excluding hydrogens is 343 g/mol. The van der Waals surface area contributed by atoms with E-state index in [2.05, 4.69) is 15.6 Å². The van der Waals surface area contributed by atoms with Crippen LogP contribution in [0.3, 0.4) is 0 Å². The zero-order valence-corrected chi connectivity index (χ0v) is 14.7. The molecule has 4 nitrogen and oxygen atoms in total. The quantitative estimate of drug-likeness (QED) is 0.605. The summed E-state index contributed by atoms with van der Waals surface area (Å²) >= 11 is 0. The summed E-state index contributed by atoms with van der Waals surface area (Å²) in [6.07, 6.45) is -4.37. The van der Waals surface area contributed by atoms with E-state index >= 15 is 0 Å². The van der Waals surface area contributed by atoms with Crippen LogP contribution in [0.25, 0.3) is 0 Å². The van der Waals surface area contributed by atoms with E-state index in [0.717, 1.165) is 11.1 Å². The highest BCUT2D eigenvalue weighted by Crippen LogP contribution is 2.23. The van der Waals surface area contributed by atoms with E-state index in [4.69, 9.17) is 4.74 Å². The molecule has 0 radical (unpaired) electrons. The Kier molecular flexibility index (Phi) is 6.89. The Hall–Kier alpha value is -2.70. The Bertz CT molecular complexity index is 731. The number of hydrogen-bond donors (Lipinski definition) is 2. The maximum absolute atomic E-state index is 12.4. The summed E-state index contributed by atoms with van der Waals surface area (Å²) in [6.45, 7) is 1.37. The number of halogens is 3. The van der Waals surface area contributed by atoms with Crippen LogP contribution < -0.4 is 15.4 Å². The molecule has 0 aliphatic heterocycles. The normalized spacial score (nSPS) is 12.0. The molecule has 26 heavy (non-hydrogen) atoms. The minimum Gasteiger partial charge on any atom is -0.484 e. The number of ether oxygens (including phenoxy) is 1. The Morgan fingerprint density at radius 3 is 2.38 bits per heavy atom. The molecule has 0 spiro atoms. The second-order valence-electron chi connectivity index (χ2n) is 5.78. The van der Waals surface area contributed by atoms with Gasteiger partial charge in [-0.05, 0) is 24.1 Å². The second kappa shape index (κ2) is 9.12. The molecule has 2 rings (SSSR count). The van der Waals surface area contributed by atoms with E-state index < -0.39 is 12.8 Å². The van der Waals surface area contributed by atoms with Crippen LogP contribution in [-0.4, -0.2) is 25.8 Å². The minimum absolute atomic E-state index is 0.216. The Labute approximate surface area is 151 Å². The van der Waals surface area contributed by atoms with Crippen molar-refractivity contribution in [3.05, 3.63) is 65.2 Å². The van der Waals surface area contributed by atoms with Crippen LogP contribution in [0.1, 0.15) is 16.7 Å².